The summed E-state index contributed by atoms with van der Waals surface area (Å²) in [5.41, 5.74) is 0.244. The molecule has 0 saturated heterocycles. The van der Waals surface area contributed by atoms with Crippen LogP contribution in [0.15, 0.2) is 48.5 Å². The van der Waals surface area contributed by atoms with Crippen LogP contribution in [0.1, 0.15) is 79.5 Å². The molecule has 0 heterocycles. The minimum Gasteiger partial charge on any atom is -0.469 e. The van der Waals surface area contributed by atoms with Crippen LogP contribution < -0.4 is 9.05 Å². The van der Waals surface area contributed by atoms with Crippen LogP contribution in [0.5, 0.6) is 11.5 Å². The van der Waals surface area contributed by atoms with Gasteiger partial charge in [0.25, 0.3) is 6.47 Å². The molecular weight excluding hydrogens is 551 g/mol. The summed E-state index contributed by atoms with van der Waals surface area (Å²) in [4.78, 5) is 49.1. The third-order valence-corrected chi connectivity index (χ3v) is 7.98. The largest absolute Gasteiger partial charge is 0.469 e. The van der Waals surface area contributed by atoms with Gasteiger partial charge in [-0.3, -0.25) is 14.4 Å². The monoisotopic (exact) mass is 590 g/mol. The van der Waals surface area contributed by atoms with Crippen molar-refractivity contribution < 1.29 is 47.0 Å². The second kappa shape index (κ2) is 17.9. The van der Waals surface area contributed by atoms with E-state index < -0.39 is 31.6 Å². The zero-order valence-electron chi connectivity index (χ0n) is 23.9. The molecule has 0 aromatic heterocycles. The Bertz CT molecular complexity index is 1120. The van der Waals surface area contributed by atoms with Crippen LogP contribution in [0, 0.1) is 5.92 Å². The quantitative estimate of drug-likeness (QED) is 0.0426. The number of hydrogen-bond donors (Lipinski definition) is 0. The van der Waals surface area contributed by atoms with Crippen LogP contribution in [0.25, 0.3) is 0 Å². The summed E-state index contributed by atoms with van der Waals surface area (Å²) in [7, 11) is -3.16. The van der Waals surface area contributed by atoms with E-state index in [4.69, 9.17) is 23.3 Å². The summed E-state index contributed by atoms with van der Waals surface area (Å²) in [5.74, 6) is -2.68. The van der Waals surface area contributed by atoms with E-state index in [-0.39, 0.29) is 60.9 Å². The first-order chi connectivity index (χ1) is 19.8. The van der Waals surface area contributed by atoms with Crippen molar-refractivity contribution in [3.63, 3.8) is 0 Å². The van der Waals surface area contributed by atoms with Crippen molar-refractivity contribution in [2.24, 2.45) is 5.92 Å². The standard InChI is InChI=1S/C30H39O10P/c1-4-6-8-15-26(32)24-13-9-11-16-27(24)39-41(35,21-23(29(33)36-3)18-20-37-22-31)40-28-17-12-10-14-25(28)30(34)38-19-7-5-2/h9-14,16-17,22-23H,4-8,15,18-21H2,1-3H3. The number of para-hydroxylation sites is 2. The summed E-state index contributed by atoms with van der Waals surface area (Å²) in [6.45, 7) is 4.29. The van der Waals surface area contributed by atoms with E-state index in [9.17, 15) is 23.7 Å². The number of methoxy groups -OCH3 is 1. The lowest BCUT2D eigenvalue weighted by molar-refractivity contribution is -0.146. The predicted octanol–water partition coefficient (Wildman–Crippen LogP) is 6.41. The van der Waals surface area contributed by atoms with Gasteiger partial charge in [0, 0.05) is 6.42 Å². The molecule has 0 aliphatic heterocycles. The fraction of sp³-hybridized carbons (Fsp3) is 0.467. The van der Waals surface area contributed by atoms with E-state index in [2.05, 4.69) is 0 Å². The molecule has 10 nitrogen and oxygen atoms in total. The third-order valence-electron chi connectivity index (χ3n) is 6.14. The average molecular weight is 591 g/mol. The highest BCUT2D eigenvalue weighted by molar-refractivity contribution is 7.54. The maximum Gasteiger partial charge on any atom is 0.431 e. The Morgan fingerprint density at radius 1 is 0.854 bits per heavy atom. The Labute approximate surface area is 241 Å². The topological polar surface area (TPSA) is 132 Å². The first kappa shape index (κ1) is 33.6. The number of unbranched alkanes of at least 4 members (excludes halogenated alkanes) is 3. The number of carbonyl (C=O) groups is 4. The van der Waals surface area contributed by atoms with Crippen molar-refractivity contribution >= 4 is 31.8 Å². The summed E-state index contributed by atoms with van der Waals surface area (Å²) < 4.78 is 41.3. The molecule has 0 bridgehead atoms. The number of rotatable bonds is 20. The molecule has 0 radical (unpaired) electrons. The van der Waals surface area contributed by atoms with Gasteiger partial charge in [0.2, 0.25) is 0 Å². The van der Waals surface area contributed by atoms with Crippen molar-refractivity contribution in [3.05, 3.63) is 59.7 Å². The highest BCUT2D eigenvalue weighted by Gasteiger charge is 2.38. The fourth-order valence-corrected chi connectivity index (χ4v) is 5.90. The van der Waals surface area contributed by atoms with Gasteiger partial charge in [-0.05, 0) is 43.5 Å². The van der Waals surface area contributed by atoms with Gasteiger partial charge in [0.1, 0.15) is 17.1 Å². The van der Waals surface area contributed by atoms with Crippen molar-refractivity contribution in [1.82, 2.24) is 0 Å². The van der Waals surface area contributed by atoms with Gasteiger partial charge >= 0.3 is 19.5 Å². The van der Waals surface area contributed by atoms with E-state index in [1.54, 1.807) is 30.3 Å². The molecule has 2 rings (SSSR count). The number of hydrogen-bond acceptors (Lipinski definition) is 10. The highest BCUT2D eigenvalue weighted by atomic mass is 31.2. The maximum absolute atomic E-state index is 14.5. The van der Waals surface area contributed by atoms with Crippen LogP contribution in [0.3, 0.4) is 0 Å². The normalized spacial score (nSPS) is 12.9. The van der Waals surface area contributed by atoms with Gasteiger partial charge in [-0.1, -0.05) is 57.4 Å². The molecule has 0 aliphatic rings. The van der Waals surface area contributed by atoms with Gasteiger partial charge in [-0.2, -0.15) is 0 Å². The van der Waals surface area contributed by atoms with Gasteiger partial charge in [-0.25, -0.2) is 9.36 Å². The second-order valence-electron chi connectivity index (χ2n) is 9.31. The molecule has 0 spiro atoms. The van der Waals surface area contributed by atoms with Crippen molar-refractivity contribution in [3.8, 4) is 11.5 Å². The molecule has 2 aromatic carbocycles. The Morgan fingerprint density at radius 3 is 2.07 bits per heavy atom. The number of esters is 2. The molecule has 11 heteroatoms. The van der Waals surface area contributed by atoms with Gasteiger partial charge in [-0.15, -0.1) is 0 Å². The third kappa shape index (κ3) is 11.0. The lowest BCUT2D eigenvalue weighted by atomic mass is 10.0. The number of Topliss-reactive ketones (excluding diaryl/α,β-unsaturated/α-hetero) is 1. The van der Waals surface area contributed by atoms with Crippen LogP contribution in [-0.2, 0) is 28.4 Å². The average Bonchev–Trinajstić information content (AvgIpc) is 2.97. The second-order valence-corrected chi connectivity index (χ2v) is 11.3. The first-order valence-electron chi connectivity index (χ1n) is 13.8. The summed E-state index contributed by atoms with van der Waals surface area (Å²) in [5, 5.41) is 0. The van der Waals surface area contributed by atoms with E-state index in [1.807, 2.05) is 13.8 Å². The van der Waals surface area contributed by atoms with E-state index in [1.165, 1.54) is 25.3 Å². The van der Waals surface area contributed by atoms with Crippen LogP contribution in [0.4, 0.5) is 0 Å². The molecule has 0 saturated carbocycles. The summed E-state index contributed by atoms with van der Waals surface area (Å²) >= 11 is 0. The number of carbonyl (C=O) groups excluding carboxylic acids is 4. The predicted molar refractivity (Wildman–Crippen MR) is 152 cm³/mol. The number of ether oxygens (including phenoxy) is 3. The first-order valence-corrected chi connectivity index (χ1v) is 15.5. The molecule has 41 heavy (non-hydrogen) atoms. The molecule has 2 atom stereocenters. The summed E-state index contributed by atoms with van der Waals surface area (Å²) in [6, 6.07) is 12.5. The van der Waals surface area contributed by atoms with Crippen molar-refractivity contribution in [2.75, 3.05) is 26.5 Å². The Balaban J connectivity index is 2.49. The smallest absolute Gasteiger partial charge is 0.431 e. The highest BCUT2D eigenvalue weighted by Crippen LogP contribution is 2.52. The number of benzene rings is 2. The van der Waals surface area contributed by atoms with E-state index in [0.717, 1.165) is 19.3 Å². The lowest BCUT2D eigenvalue weighted by Gasteiger charge is -2.25. The zero-order chi connectivity index (χ0) is 30.1. The van der Waals surface area contributed by atoms with Crippen molar-refractivity contribution in [1.29, 1.82) is 0 Å². The van der Waals surface area contributed by atoms with Gasteiger partial charge in [0.15, 0.2) is 5.78 Å². The molecule has 0 N–H and O–H groups in total. The zero-order valence-corrected chi connectivity index (χ0v) is 24.8. The number of ketones is 1. The Kier molecular flexibility index (Phi) is 14.7. The van der Waals surface area contributed by atoms with Crippen LogP contribution in [0.2, 0.25) is 0 Å². The summed E-state index contributed by atoms with van der Waals surface area (Å²) in [6.07, 6.45) is 3.77. The molecule has 0 amide bonds. The molecule has 224 valence electrons. The minimum atomic E-state index is -4.34. The molecule has 0 aliphatic carbocycles. The molecule has 0 fully saturated rings. The van der Waals surface area contributed by atoms with Crippen LogP contribution >= 0.6 is 7.60 Å². The maximum atomic E-state index is 14.5. The fourth-order valence-electron chi connectivity index (χ4n) is 3.92. The Morgan fingerprint density at radius 2 is 1.46 bits per heavy atom. The van der Waals surface area contributed by atoms with Gasteiger partial charge in [0.05, 0.1) is 38.0 Å². The molecule has 2 aromatic rings. The molecule has 2 unspecified atom stereocenters. The van der Waals surface area contributed by atoms with Crippen LogP contribution in [-0.4, -0.2) is 50.7 Å². The van der Waals surface area contributed by atoms with Crippen molar-refractivity contribution in [2.45, 2.75) is 58.8 Å². The van der Waals surface area contributed by atoms with E-state index in [0.29, 0.717) is 12.8 Å². The minimum absolute atomic E-state index is 0.0214. The lowest BCUT2D eigenvalue weighted by Crippen LogP contribution is -2.25. The van der Waals surface area contributed by atoms with Gasteiger partial charge < -0.3 is 23.3 Å². The SMILES string of the molecule is CCCCCC(=O)c1ccccc1OP(=O)(CC(CCOC=O)C(=O)OC)Oc1ccccc1C(=O)OCCCC. The van der Waals surface area contributed by atoms with E-state index >= 15 is 0 Å². The molecular formula is C30H39O10P. The Hall–Kier alpha value is -3.65.